The lowest BCUT2D eigenvalue weighted by atomic mass is 10.0. The van der Waals surface area contributed by atoms with E-state index in [9.17, 15) is 4.79 Å². The number of fused-ring (bicyclic) bond motifs is 2. The summed E-state index contributed by atoms with van der Waals surface area (Å²) in [6, 6.07) is 15.4. The third-order valence-electron chi connectivity index (χ3n) is 5.92. The first kappa shape index (κ1) is 20.2. The van der Waals surface area contributed by atoms with Gasteiger partial charge < -0.3 is 19.4 Å². The Morgan fingerprint density at radius 1 is 1.16 bits per heavy atom. The zero-order chi connectivity index (χ0) is 22.1. The van der Waals surface area contributed by atoms with E-state index < -0.39 is 6.04 Å². The normalized spacial score (nSPS) is 14.0. The predicted octanol–water partition coefficient (Wildman–Crippen LogP) is 2.32. The molecule has 1 unspecified atom stereocenters. The molecule has 0 aliphatic carbocycles. The molecule has 2 aromatic heterocycles. The van der Waals surface area contributed by atoms with Crippen molar-refractivity contribution < 1.29 is 9.47 Å². The number of para-hydroxylation sites is 1. The molecule has 164 valence electrons. The van der Waals surface area contributed by atoms with Crippen LogP contribution < -0.4 is 15.2 Å². The molecule has 0 radical (unpaired) electrons. The predicted molar refractivity (Wildman–Crippen MR) is 120 cm³/mol. The van der Waals surface area contributed by atoms with Crippen LogP contribution in [0, 0.1) is 0 Å². The summed E-state index contributed by atoms with van der Waals surface area (Å²) in [5.41, 5.74) is 3.47. The van der Waals surface area contributed by atoms with Crippen LogP contribution in [0.15, 0.2) is 53.3 Å². The highest BCUT2D eigenvalue weighted by molar-refractivity contribution is 5.81. The Kier molecular flexibility index (Phi) is 5.32. The maximum absolute atomic E-state index is 13.3. The van der Waals surface area contributed by atoms with Crippen LogP contribution in [0.25, 0.3) is 10.9 Å². The van der Waals surface area contributed by atoms with Crippen LogP contribution >= 0.6 is 0 Å². The molecule has 1 aliphatic rings. The molecule has 2 aromatic carbocycles. The van der Waals surface area contributed by atoms with Crippen LogP contribution in [0.5, 0.6) is 5.75 Å². The van der Waals surface area contributed by atoms with Gasteiger partial charge in [0.15, 0.2) is 5.82 Å². The summed E-state index contributed by atoms with van der Waals surface area (Å²) in [6.07, 6.45) is 0.898. The third-order valence-corrected chi connectivity index (χ3v) is 5.92. The van der Waals surface area contributed by atoms with Crippen LogP contribution in [0.4, 0.5) is 5.69 Å². The van der Waals surface area contributed by atoms with Crippen LogP contribution in [0.3, 0.4) is 0 Å². The molecule has 0 saturated carbocycles. The smallest absolute Gasteiger partial charge is 0.254 e. The summed E-state index contributed by atoms with van der Waals surface area (Å²) in [7, 11) is 3.24. The maximum Gasteiger partial charge on any atom is 0.254 e. The van der Waals surface area contributed by atoms with E-state index in [0.717, 1.165) is 29.6 Å². The number of hydrogen-bond donors (Lipinski definition) is 1. The molecule has 0 bridgehead atoms. The standard InChI is InChI=1S/C23H24N6O3/c1-31-12-11-29-22(25-26-27-29)21(28-10-9-15-5-3-4-6-20(15)28)18-13-16-7-8-17(32-2)14-19(16)24-23(18)30/h3-8,13-14,21H,9-12H2,1-2H3,(H,24,30). The fourth-order valence-electron chi connectivity index (χ4n) is 4.35. The highest BCUT2D eigenvalue weighted by Crippen LogP contribution is 2.37. The van der Waals surface area contributed by atoms with Gasteiger partial charge in [0.25, 0.3) is 5.56 Å². The minimum atomic E-state index is -0.444. The molecule has 0 saturated heterocycles. The first-order valence-electron chi connectivity index (χ1n) is 10.5. The van der Waals surface area contributed by atoms with Crippen molar-refractivity contribution in [2.45, 2.75) is 19.0 Å². The molecule has 5 rings (SSSR count). The van der Waals surface area contributed by atoms with Gasteiger partial charge in [0.2, 0.25) is 0 Å². The zero-order valence-electron chi connectivity index (χ0n) is 18.0. The molecular formula is C23H24N6O3. The Morgan fingerprint density at radius 3 is 2.88 bits per heavy atom. The van der Waals surface area contributed by atoms with Crippen molar-refractivity contribution in [3.63, 3.8) is 0 Å². The minimum absolute atomic E-state index is 0.179. The fourth-order valence-corrected chi connectivity index (χ4v) is 4.35. The van der Waals surface area contributed by atoms with E-state index in [1.807, 2.05) is 36.4 Å². The second-order valence-electron chi connectivity index (χ2n) is 7.73. The maximum atomic E-state index is 13.3. The van der Waals surface area contributed by atoms with E-state index in [1.54, 1.807) is 18.9 Å². The van der Waals surface area contributed by atoms with Crippen molar-refractivity contribution >= 4 is 16.6 Å². The second-order valence-corrected chi connectivity index (χ2v) is 7.73. The van der Waals surface area contributed by atoms with Gasteiger partial charge in [0.05, 0.1) is 25.8 Å². The number of hydrogen-bond acceptors (Lipinski definition) is 7. The van der Waals surface area contributed by atoms with Crippen molar-refractivity contribution in [3.05, 3.63) is 75.8 Å². The van der Waals surface area contributed by atoms with E-state index in [1.165, 1.54) is 5.56 Å². The third kappa shape index (κ3) is 3.50. The number of benzene rings is 2. The van der Waals surface area contributed by atoms with Crippen molar-refractivity contribution in [2.75, 3.05) is 32.3 Å². The zero-order valence-corrected chi connectivity index (χ0v) is 18.0. The summed E-state index contributed by atoms with van der Waals surface area (Å²) >= 11 is 0. The first-order chi connectivity index (χ1) is 15.7. The van der Waals surface area contributed by atoms with Gasteiger partial charge in [-0.25, -0.2) is 4.68 Å². The van der Waals surface area contributed by atoms with Crippen LogP contribution in [0.2, 0.25) is 0 Å². The topological polar surface area (TPSA) is 98.2 Å². The monoisotopic (exact) mass is 432 g/mol. The van der Waals surface area contributed by atoms with Crippen LogP contribution in [-0.2, 0) is 17.7 Å². The molecule has 1 atom stereocenters. The van der Waals surface area contributed by atoms with Gasteiger partial charge in [-0.05, 0) is 52.1 Å². The number of aromatic nitrogens is 5. The van der Waals surface area contributed by atoms with E-state index in [2.05, 4.69) is 37.5 Å². The Balaban J connectivity index is 1.68. The Morgan fingerprint density at radius 2 is 2.03 bits per heavy atom. The second kappa shape index (κ2) is 8.43. The number of nitrogens with zero attached hydrogens (tertiary/aromatic N) is 5. The summed E-state index contributed by atoms with van der Waals surface area (Å²) < 4.78 is 12.2. The average molecular weight is 432 g/mol. The number of pyridine rings is 1. The fraction of sp³-hybridized carbons (Fsp3) is 0.304. The lowest BCUT2D eigenvalue weighted by Gasteiger charge is -2.29. The molecule has 9 heteroatoms. The van der Waals surface area contributed by atoms with Gasteiger partial charge >= 0.3 is 0 Å². The van der Waals surface area contributed by atoms with Gasteiger partial charge in [-0.2, -0.15) is 0 Å². The molecule has 32 heavy (non-hydrogen) atoms. The van der Waals surface area contributed by atoms with Crippen molar-refractivity contribution in [1.82, 2.24) is 25.2 Å². The van der Waals surface area contributed by atoms with E-state index in [0.29, 0.717) is 30.3 Å². The van der Waals surface area contributed by atoms with E-state index in [-0.39, 0.29) is 5.56 Å². The Hall–Kier alpha value is -3.72. The van der Waals surface area contributed by atoms with Crippen molar-refractivity contribution in [2.24, 2.45) is 0 Å². The minimum Gasteiger partial charge on any atom is -0.497 e. The number of nitrogens with one attached hydrogen (secondary N) is 1. The van der Waals surface area contributed by atoms with Crippen LogP contribution in [-0.4, -0.2) is 52.6 Å². The number of H-pyrrole nitrogens is 1. The van der Waals surface area contributed by atoms with Gasteiger partial charge in [0, 0.05) is 31.0 Å². The number of tetrazole rings is 1. The average Bonchev–Trinajstić information content (AvgIpc) is 3.45. The van der Waals surface area contributed by atoms with Gasteiger partial charge in [-0.3, -0.25) is 4.79 Å². The molecule has 0 amide bonds. The number of aromatic amines is 1. The summed E-state index contributed by atoms with van der Waals surface area (Å²) in [5.74, 6) is 1.30. The molecule has 0 spiro atoms. The van der Waals surface area contributed by atoms with Gasteiger partial charge in [-0.1, -0.05) is 18.2 Å². The lowest BCUT2D eigenvalue weighted by Crippen LogP contribution is -2.34. The quantitative estimate of drug-likeness (QED) is 0.479. The summed E-state index contributed by atoms with van der Waals surface area (Å²) in [6.45, 7) is 1.73. The van der Waals surface area contributed by atoms with Crippen molar-refractivity contribution in [3.8, 4) is 5.75 Å². The Bertz CT molecular complexity index is 1310. The molecule has 1 aliphatic heterocycles. The number of methoxy groups -OCH3 is 2. The van der Waals surface area contributed by atoms with E-state index >= 15 is 0 Å². The van der Waals surface area contributed by atoms with Gasteiger partial charge in [-0.15, -0.1) is 5.10 Å². The lowest BCUT2D eigenvalue weighted by molar-refractivity contribution is 0.181. The van der Waals surface area contributed by atoms with Crippen LogP contribution in [0.1, 0.15) is 23.0 Å². The SMILES string of the molecule is COCCn1nnnc1C(c1cc2ccc(OC)cc2[nH]c1=O)N1CCc2ccccc21. The molecular weight excluding hydrogens is 408 g/mol. The number of rotatable bonds is 7. The molecule has 9 nitrogen and oxygen atoms in total. The molecule has 1 N–H and O–H groups in total. The molecule has 4 aromatic rings. The molecule has 0 fully saturated rings. The Labute approximate surface area is 184 Å². The van der Waals surface area contributed by atoms with Crippen molar-refractivity contribution in [1.29, 1.82) is 0 Å². The first-order valence-corrected chi connectivity index (χ1v) is 10.5. The van der Waals surface area contributed by atoms with Gasteiger partial charge in [0.1, 0.15) is 11.8 Å². The summed E-state index contributed by atoms with van der Waals surface area (Å²) in [5, 5.41) is 13.3. The number of anilines is 1. The summed E-state index contributed by atoms with van der Waals surface area (Å²) in [4.78, 5) is 18.6. The molecule has 3 heterocycles. The van der Waals surface area contributed by atoms with E-state index in [4.69, 9.17) is 9.47 Å². The largest absolute Gasteiger partial charge is 0.497 e. The number of ether oxygens (including phenoxy) is 2. The highest BCUT2D eigenvalue weighted by Gasteiger charge is 2.34. The highest BCUT2D eigenvalue weighted by atomic mass is 16.5.